The molecule has 1 fully saturated rings. The summed E-state index contributed by atoms with van der Waals surface area (Å²) in [6.45, 7) is 1.21. The van der Waals surface area contributed by atoms with E-state index < -0.39 is 0 Å². The number of nitrogens with zero attached hydrogens (tertiary/aromatic N) is 1. The summed E-state index contributed by atoms with van der Waals surface area (Å²) in [4.78, 5) is 27.5. The lowest BCUT2D eigenvalue weighted by molar-refractivity contribution is -0.129. The van der Waals surface area contributed by atoms with Crippen molar-refractivity contribution in [3.8, 4) is 11.5 Å². The molecule has 1 saturated heterocycles. The molecule has 29 heavy (non-hydrogen) atoms. The number of aryl methyl sites for hydroxylation is 1. The number of likely N-dealkylation sites (tertiary alicyclic amines) is 1. The summed E-state index contributed by atoms with van der Waals surface area (Å²) in [5, 5.41) is 3.22. The first-order valence-electron chi connectivity index (χ1n) is 9.93. The molecule has 2 aliphatic heterocycles. The fraction of sp³-hybridized carbons (Fsp3) is 0.391. The minimum atomic E-state index is -0.344. The number of rotatable bonds is 4. The van der Waals surface area contributed by atoms with Crippen LogP contribution >= 0.6 is 0 Å². The Morgan fingerprint density at radius 1 is 1.10 bits per heavy atom. The van der Waals surface area contributed by atoms with E-state index >= 15 is 0 Å². The number of nitrogens with one attached hydrogen (secondary N) is 1. The van der Waals surface area contributed by atoms with E-state index in [0.717, 1.165) is 36.0 Å². The molecule has 0 saturated carbocycles. The first-order chi connectivity index (χ1) is 14.0. The molecule has 0 unspecified atom stereocenters. The molecule has 2 amide bonds. The van der Waals surface area contributed by atoms with Gasteiger partial charge in [0.25, 0.3) is 5.91 Å². The molecule has 1 atom stereocenters. The lowest BCUT2D eigenvalue weighted by atomic mass is 9.91. The molecule has 6 nitrogen and oxygen atoms in total. The summed E-state index contributed by atoms with van der Waals surface area (Å²) in [5.74, 6) is 1.28. The van der Waals surface area contributed by atoms with E-state index in [4.69, 9.17) is 9.47 Å². The molecule has 0 aromatic heterocycles. The number of carbonyl (C=O) groups is 2. The third-order valence-corrected chi connectivity index (χ3v) is 6.02. The normalized spacial score (nSPS) is 20.8. The lowest BCUT2D eigenvalue weighted by Gasteiger charge is -2.29. The zero-order valence-corrected chi connectivity index (χ0v) is 16.9. The van der Waals surface area contributed by atoms with Crippen molar-refractivity contribution in [2.45, 2.75) is 31.2 Å². The van der Waals surface area contributed by atoms with Crippen LogP contribution in [0.4, 0.5) is 0 Å². The molecule has 2 aliphatic rings. The third-order valence-electron chi connectivity index (χ3n) is 6.02. The first kappa shape index (κ1) is 19.3. The summed E-state index contributed by atoms with van der Waals surface area (Å²) in [5.41, 5.74) is 2.37. The average molecular weight is 394 g/mol. The predicted molar refractivity (Wildman–Crippen MR) is 109 cm³/mol. The average Bonchev–Trinajstić information content (AvgIpc) is 3.10. The first-order valence-corrected chi connectivity index (χ1v) is 9.93. The van der Waals surface area contributed by atoms with Gasteiger partial charge in [0, 0.05) is 18.7 Å². The largest absolute Gasteiger partial charge is 0.493 e. The van der Waals surface area contributed by atoms with Gasteiger partial charge in [-0.3, -0.25) is 9.59 Å². The Morgan fingerprint density at radius 2 is 1.90 bits per heavy atom. The van der Waals surface area contributed by atoms with Gasteiger partial charge in [-0.2, -0.15) is 0 Å². The molecule has 1 spiro atoms. The minimum absolute atomic E-state index is 0.0349. The van der Waals surface area contributed by atoms with E-state index in [1.807, 2.05) is 47.4 Å². The number of hydrogen-bond acceptors (Lipinski definition) is 4. The standard InChI is InChI=1S/C23H26N2O4/c1-28-19-8-7-16(13-20(19)29-2)14-21(26)25-12-11-23(15-25)10-9-17-5-3-4-6-18(17)22(27)24-23/h3-8,13H,9-12,14-15H2,1-2H3,(H,24,27)/t23-/m1/s1. The maximum Gasteiger partial charge on any atom is 0.252 e. The fourth-order valence-electron chi connectivity index (χ4n) is 4.37. The summed E-state index contributed by atoms with van der Waals surface area (Å²) >= 11 is 0. The van der Waals surface area contributed by atoms with Gasteiger partial charge < -0.3 is 19.7 Å². The highest BCUT2D eigenvalue weighted by molar-refractivity contribution is 5.96. The van der Waals surface area contributed by atoms with Crippen LogP contribution in [0.25, 0.3) is 0 Å². The second kappa shape index (κ2) is 7.78. The van der Waals surface area contributed by atoms with E-state index in [9.17, 15) is 9.59 Å². The quantitative estimate of drug-likeness (QED) is 0.866. The molecule has 2 aromatic rings. The number of methoxy groups -OCH3 is 2. The van der Waals surface area contributed by atoms with Crippen LogP contribution in [0, 0.1) is 0 Å². The smallest absolute Gasteiger partial charge is 0.252 e. The molecule has 0 aliphatic carbocycles. The van der Waals surface area contributed by atoms with Crippen molar-refractivity contribution in [2.24, 2.45) is 0 Å². The summed E-state index contributed by atoms with van der Waals surface area (Å²) < 4.78 is 10.6. The summed E-state index contributed by atoms with van der Waals surface area (Å²) in [6, 6.07) is 13.3. The van der Waals surface area contributed by atoms with E-state index in [-0.39, 0.29) is 17.4 Å². The molecule has 1 N–H and O–H groups in total. The topological polar surface area (TPSA) is 67.9 Å². The lowest BCUT2D eigenvalue weighted by Crippen LogP contribution is -2.50. The number of carbonyl (C=O) groups excluding carboxylic acids is 2. The molecule has 0 bridgehead atoms. The highest BCUT2D eigenvalue weighted by Gasteiger charge is 2.42. The van der Waals surface area contributed by atoms with Crippen LogP contribution in [-0.4, -0.2) is 49.6 Å². The zero-order chi connectivity index (χ0) is 20.4. The second-order valence-electron chi connectivity index (χ2n) is 7.82. The summed E-state index contributed by atoms with van der Waals surface area (Å²) in [7, 11) is 3.17. The number of hydrogen-bond donors (Lipinski definition) is 1. The zero-order valence-electron chi connectivity index (χ0n) is 16.9. The van der Waals surface area contributed by atoms with Crippen molar-refractivity contribution in [3.05, 3.63) is 59.2 Å². The van der Waals surface area contributed by atoms with Crippen molar-refractivity contribution in [1.82, 2.24) is 10.2 Å². The predicted octanol–water partition coefficient (Wildman–Crippen LogP) is 2.59. The highest BCUT2D eigenvalue weighted by Crippen LogP contribution is 2.32. The Bertz CT molecular complexity index is 942. The Labute approximate surface area is 170 Å². The van der Waals surface area contributed by atoms with Crippen LogP contribution in [0.2, 0.25) is 0 Å². The van der Waals surface area contributed by atoms with Crippen LogP contribution in [-0.2, 0) is 17.6 Å². The van der Waals surface area contributed by atoms with Crippen molar-refractivity contribution in [2.75, 3.05) is 27.3 Å². The number of benzene rings is 2. The van der Waals surface area contributed by atoms with Gasteiger partial charge in [0.15, 0.2) is 11.5 Å². The van der Waals surface area contributed by atoms with Crippen molar-refractivity contribution in [1.29, 1.82) is 0 Å². The monoisotopic (exact) mass is 394 g/mol. The minimum Gasteiger partial charge on any atom is -0.493 e. The Hall–Kier alpha value is -3.02. The van der Waals surface area contributed by atoms with Gasteiger partial charge in [-0.25, -0.2) is 0 Å². The summed E-state index contributed by atoms with van der Waals surface area (Å²) in [6.07, 6.45) is 2.76. The van der Waals surface area contributed by atoms with Gasteiger partial charge in [-0.15, -0.1) is 0 Å². The third kappa shape index (κ3) is 3.79. The Balaban J connectivity index is 1.45. The van der Waals surface area contributed by atoms with Crippen molar-refractivity contribution < 1.29 is 19.1 Å². The van der Waals surface area contributed by atoms with E-state index in [2.05, 4.69) is 5.32 Å². The van der Waals surface area contributed by atoms with Crippen LogP contribution in [0.1, 0.15) is 34.3 Å². The van der Waals surface area contributed by atoms with E-state index in [1.165, 1.54) is 0 Å². The Morgan fingerprint density at radius 3 is 2.69 bits per heavy atom. The number of ether oxygens (including phenoxy) is 2. The highest BCUT2D eigenvalue weighted by atomic mass is 16.5. The SMILES string of the molecule is COc1ccc(CC(=O)N2CC[C@]3(CCc4ccccc4C(=O)N3)C2)cc1OC. The fourth-order valence-corrected chi connectivity index (χ4v) is 4.37. The van der Waals surface area contributed by atoms with Gasteiger partial charge >= 0.3 is 0 Å². The molecular weight excluding hydrogens is 368 g/mol. The molecule has 2 aromatic carbocycles. The maximum atomic E-state index is 12.9. The van der Waals surface area contributed by atoms with E-state index in [0.29, 0.717) is 31.0 Å². The van der Waals surface area contributed by atoms with Crippen molar-refractivity contribution in [3.63, 3.8) is 0 Å². The van der Waals surface area contributed by atoms with Gasteiger partial charge in [-0.1, -0.05) is 24.3 Å². The van der Waals surface area contributed by atoms with Crippen LogP contribution < -0.4 is 14.8 Å². The Kier molecular flexibility index (Phi) is 5.18. The number of fused-ring (bicyclic) bond motifs is 1. The van der Waals surface area contributed by atoms with Gasteiger partial charge in [0.05, 0.1) is 26.2 Å². The van der Waals surface area contributed by atoms with Crippen molar-refractivity contribution >= 4 is 11.8 Å². The maximum absolute atomic E-state index is 12.9. The van der Waals surface area contributed by atoms with Crippen LogP contribution in [0.3, 0.4) is 0 Å². The second-order valence-corrected chi connectivity index (χ2v) is 7.82. The van der Waals surface area contributed by atoms with Crippen LogP contribution in [0.15, 0.2) is 42.5 Å². The van der Waals surface area contributed by atoms with E-state index in [1.54, 1.807) is 14.2 Å². The molecule has 152 valence electrons. The van der Waals surface area contributed by atoms with Gasteiger partial charge in [-0.05, 0) is 48.6 Å². The number of amides is 2. The molecule has 0 radical (unpaired) electrons. The molecule has 4 rings (SSSR count). The van der Waals surface area contributed by atoms with Gasteiger partial charge in [0.1, 0.15) is 0 Å². The van der Waals surface area contributed by atoms with Gasteiger partial charge in [0.2, 0.25) is 5.91 Å². The molecular formula is C23H26N2O4. The molecule has 6 heteroatoms. The van der Waals surface area contributed by atoms with Crippen LogP contribution in [0.5, 0.6) is 11.5 Å². The molecule has 2 heterocycles.